The maximum Gasteiger partial charge on any atom is 0.177 e. The monoisotopic (exact) mass is 298 g/mol. The second-order valence-electron chi connectivity index (χ2n) is 5.20. The molecule has 0 saturated carbocycles. The van der Waals surface area contributed by atoms with E-state index in [1.54, 1.807) is 0 Å². The molecule has 1 aromatic carbocycles. The Balaban J connectivity index is 2.08. The van der Waals surface area contributed by atoms with E-state index in [1.165, 1.54) is 11.3 Å². The summed E-state index contributed by atoms with van der Waals surface area (Å²) in [6.45, 7) is 4.87. The molecule has 0 amide bonds. The van der Waals surface area contributed by atoms with Gasteiger partial charge in [0.2, 0.25) is 0 Å². The smallest absolute Gasteiger partial charge is 0.177 e. The van der Waals surface area contributed by atoms with Crippen molar-refractivity contribution in [2.45, 2.75) is 20.4 Å². The van der Waals surface area contributed by atoms with E-state index in [1.807, 2.05) is 43.0 Å². The maximum absolute atomic E-state index is 5.45. The van der Waals surface area contributed by atoms with Crippen LogP contribution in [0.25, 0.3) is 11.3 Å². The second kappa shape index (κ2) is 5.33. The molecular weight excluding hydrogens is 280 g/mol. The van der Waals surface area contributed by atoms with Crippen LogP contribution in [0.2, 0.25) is 0 Å². The lowest BCUT2D eigenvalue weighted by atomic mass is 10.1. The minimum Gasteiger partial charge on any atom is -0.337 e. The maximum atomic E-state index is 5.45. The number of nitrogens with one attached hydrogen (secondary N) is 1. The van der Waals surface area contributed by atoms with Crippen molar-refractivity contribution in [3.8, 4) is 11.3 Å². The van der Waals surface area contributed by atoms with Gasteiger partial charge in [-0.25, -0.2) is 0 Å². The Morgan fingerprint density at radius 1 is 1.19 bits per heavy atom. The summed E-state index contributed by atoms with van der Waals surface area (Å²) in [5.41, 5.74) is 5.71. The van der Waals surface area contributed by atoms with Crippen LogP contribution >= 0.6 is 12.2 Å². The quantitative estimate of drug-likeness (QED) is 0.750. The summed E-state index contributed by atoms with van der Waals surface area (Å²) in [7, 11) is 1.97. The van der Waals surface area contributed by atoms with Crippen LogP contribution in [0.1, 0.15) is 17.0 Å². The Hall–Kier alpha value is -2.14. The van der Waals surface area contributed by atoms with Gasteiger partial charge in [0.25, 0.3) is 0 Å². The fraction of sp³-hybridized carbons (Fsp3) is 0.250. The summed E-state index contributed by atoms with van der Waals surface area (Å²) in [6.07, 6.45) is 1.97. The van der Waals surface area contributed by atoms with Gasteiger partial charge in [-0.15, -0.1) is 0 Å². The zero-order valence-electron chi connectivity index (χ0n) is 12.4. The van der Waals surface area contributed by atoms with Crippen molar-refractivity contribution in [1.29, 1.82) is 0 Å². The number of benzene rings is 1. The third kappa shape index (κ3) is 2.45. The third-order valence-electron chi connectivity index (χ3n) is 3.91. The van der Waals surface area contributed by atoms with E-state index in [0.29, 0.717) is 0 Å². The van der Waals surface area contributed by atoms with Crippen LogP contribution in [0, 0.1) is 18.6 Å². The molecule has 0 fully saturated rings. The molecule has 0 aliphatic rings. The minimum absolute atomic E-state index is 0.733. The molecule has 0 spiro atoms. The number of hydrogen-bond donors (Lipinski definition) is 1. The van der Waals surface area contributed by atoms with Crippen LogP contribution in [-0.2, 0) is 13.6 Å². The summed E-state index contributed by atoms with van der Waals surface area (Å²) in [6, 6.07) is 10.3. The van der Waals surface area contributed by atoms with Crippen LogP contribution < -0.4 is 0 Å². The van der Waals surface area contributed by atoms with Crippen molar-refractivity contribution >= 4 is 12.2 Å². The van der Waals surface area contributed by atoms with Crippen molar-refractivity contribution in [2.24, 2.45) is 7.05 Å². The van der Waals surface area contributed by atoms with Gasteiger partial charge in [-0.3, -0.25) is 4.68 Å². The van der Waals surface area contributed by atoms with E-state index in [2.05, 4.69) is 33.7 Å². The molecule has 0 unspecified atom stereocenters. The molecule has 1 N–H and O–H groups in total. The topological polar surface area (TPSA) is 38.5 Å². The third-order valence-corrected chi connectivity index (χ3v) is 4.25. The number of aromatic amines is 1. The van der Waals surface area contributed by atoms with Gasteiger partial charge in [-0.05, 0) is 31.6 Å². The number of hydrogen-bond acceptors (Lipinski definition) is 2. The number of nitrogens with zero attached hydrogens (tertiary/aromatic N) is 3. The highest BCUT2D eigenvalue weighted by atomic mass is 32.1. The predicted octanol–water partition coefficient (Wildman–Crippen LogP) is 3.61. The van der Waals surface area contributed by atoms with E-state index in [4.69, 9.17) is 12.2 Å². The van der Waals surface area contributed by atoms with Gasteiger partial charge in [0.05, 0.1) is 17.9 Å². The van der Waals surface area contributed by atoms with Crippen molar-refractivity contribution in [2.75, 3.05) is 0 Å². The average molecular weight is 298 g/mol. The Bertz CT molecular complexity index is 824. The largest absolute Gasteiger partial charge is 0.337 e. The number of rotatable bonds is 3. The summed E-state index contributed by atoms with van der Waals surface area (Å²) < 4.78 is 4.78. The van der Waals surface area contributed by atoms with Crippen molar-refractivity contribution in [3.63, 3.8) is 0 Å². The molecule has 4 nitrogen and oxygen atoms in total. The van der Waals surface area contributed by atoms with Gasteiger partial charge >= 0.3 is 0 Å². The number of imidazole rings is 1. The van der Waals surface area contributed by atoms with E-state index in [0.717, 1.165) is 28.3 Å². The van der Waals surface area contributed by atoms with E-state index in [-0.39, 0.29) is 0 Å². The van der Waals surface area contributed by atoms with Crippen LogP contribution in [0.15, 0.2) is 36.5 Å². The Morgan fingerprint density at radius 2 is 1.90 bits per heavy atom. The molecule has 0 bridgehead atoms. The number of aromatic nitrogens is 4. The first-order chi connectivity index (χ1) is 10.1. The van der Waals surface area contributed by atoms with Gasteiger partial charge in [0.1, 0.15) is 0 Å². The summed E-state index contributed by atoms with van der Waals surface area (Å²) in [5.74, 6) is 0. The van der Waals surface area contributed by atoms with Crippen LogP contribution in [-0.4, -0.2) is 19.3 Å². The van der Waals surface area contributed by atoms with Crippen molar-refractivity contribution < 1.29 is 0 Å². The first kappa shape index (κ1) is 13.8. The van der Waals surface area contributed by atoms with Crippen LogP contribution in [0.3, 0.4) is 0 Å². The molecule has 3 aromatic rings. The van der Waals surface area contributed by atoms with E-state index < -0.39 is 0 Å². The van der Waals surface area contributed by atoms with E-state index in [9.17, 15) is 0 Å². The Labute approximate surface area is 129 Å². The van der Waals surface area contributed by atoms with Crippen molar-refractivity contribution in [3.05, 3.63) is 58.3 Å². The Morgan fingerprint density at radius 3 is 2.52 bits per heavy atom. The molecule has 0 aliphatic carbocycles. The molecule has 0 aliphatic heterocycles. The van der Waals surface area contributed by atoms with Gasteiger partial charge in [-0.1, -0.05) is 30.3 Å². The predicted molar refractivity (Wildman–Crippen MR) is 86.8 cm³/mol. The number of H-pyrrole nitrogens is 1. The van der Waals surface area contributed by atoms with Gasteiger partial charge in [-0.2, -0.15) is 5.10 Å². The highest BCUT2D eigenvalue weighted by Gasteiger charge is 2.13. The molecule has 0 radical (unpaired) electrons. The summed E-state index contributed by atoms with van der Waals surface area (Å²) >= 11 is 5.45. The van der Waals surface area contributed by atoms with Gasteiger partial charge in [0, 0.05) is 24.5 Å². The zero-order chi connectivity index (χ0) is 15.0. The lowest BCUT2D eigenvalue weighted by Gasteiger charge is -2.09. The highest BCUT2D eigenvalue weighted by molar-refractivity contribution is 7.71. The molecular formula is C16H18N4S. The standard InChI is InChI=1S/C16H18N4S/c1-11-14(12(2)19(3)18-11)10-20-15(9-17-16(20)21)13-7-5-4-6-8-13/h4-9H,10H2,1-3H3,(H,17,21). The first-order valence-corrected chi connectivity index (χ1v) is 7.31. The molecule has 3 rings (SSSR count). The van der Waals surface area contributed by atoms with Crippen LogP contribution in [0.5, 0.6) is 0 Å². The molecule has 0 saturated heterocycles. The van der Waals surface area contributed by atoms with E-state index >= 15 is 0 Å². The first-order valence-electron chi connectivity index (χ1n) is 6.90. The SMILES string of the molecule is Cc1nn(C)c(C)c1Cn1c(-c2ccccc2)c[nH]c1=S. The molecule has 5 heteroatoms. The molecule has 0 atom stereocenters. The Kier molecular flexibility index (Phi) is 3.51. The minimum atomic E-state index is 0.733. The summed E-state index contributed by atoms with van der Waals surface area (Å²) in [4.78, 5) is 3.15. The highest BCUT2D eigenvalue weighted by Crippen LogP contribution is 2.22. The normalized spacial score (nSPS) is 11.0. The van der Waals surface area contributed by atoms with Crippen LogP contribution in [0.4, 0.5) is 0 Å². The molecule has 108 valence electrons. The average Bonchev–Trinajstić information content (AvgIpc) is 2.96. The second-order valence-corrected chi connectivity index (χ2v) is 5.59. The molecule has 2 heterocycles. The fourth-order valence-electron chi connectivity index (χ4n) is 2.60. The lowest BCUT2D eigenvalue weighted by Crippen LogP contribution is -2.04. The lowest BCUT2D eigenvalue weighted by molar-refractivity contribution is 0.726. The zero-order valence-corrected chi connectivity index (χ0v) is 13.2. The fourth-order valence-corrected chi connectivity index (χ4v) is 2.83. The summed E-state index contributed by atoms with van der Waals surface area (Å²) in [5, 5.41) is 4.48. The van der Waals surface area contributed by atoms with Gasteiger partial charge < -0.3 is 9.55 Å². The molecule has 2 aromatic heterocycles. The number of aryl methyl sites for hydroxylation is 2. The van der Waals surface area contributed by atoms with Gasteiger partial charge in [0.15, 0.2) is 4.77 Å². The molecule has 21 heavy (non-hydrogen) atoms. The van der Waals surface area contributed by atoms with Crippen molar-refractivity contribution in [1.82, 2.24) is 19.3 Å².